The van der Waals surface area contributed by atoms with Crippen molar-refractivity contribution >= 4 is 15.9 Å². The first-order valence-corrected chi connectivity index (χ1v) is 10.7. The third-order valence-corrected chi connectivity index (χ3v) is 6.76. The summed E-state index contributed by atoms with van der Waals surface area (Å²) < 4.78 is 65.2. The van der Waals surface area contributed by atoms with E-state index in [1.807, 2.05) is 0 Å². The van der Waals surface area contributed by atoms with Gasteiger partial charge in [-0.2, -0.15) is 17.5 Å². The number of rotatable bonds is 5. The number of alkyl halides is 3. The summed E-state index contributed by atoms with van der Waals surface area (Å²) >= 11 is 0. The lowest BCUT2D eigenvalue weighted by Crippen LogP contribution is -2.37. The van der Waals surface area contributed by atoms with Gasteiger partial charge in [-0.15, -0.1) is 0 Å². The van der Waals surface area contributed by atoms with E-state index >= 15 is 0 Å². The Bertz CT molecular complexity index is 967. The van der Waals surface area contributed by atoms with Crippen molar-refractivity contribution in [2.75, 3.05) is 13.1 Å². The molecule has 29 heavy (non-hydrogen) atoms. The molecular weight excluding hydrogens is 405 g/mol. The second-order valence-electron chi connectivity index (χ2n) is 6.84. The molecule has 1 N–H and O–H groups in total. The molecule has 1 amide bonds. The molecule has 1 heterocycles. The van der Waals surface area contributed by atoms with Gasteiger partial charge in [0, 0.05) is 19.6 Å². The van der Waals surface area contributed by atoms with Gasteiger partial charge < -0.3 is 5.32 Å². The van der Waals surface area contributed by atoms with Crippen molar-refractivity contribution in [2.45, 2.75) is 36.9 Å². The molecule has 0 spiro atoms. The van der Waals surface area contributed by atoms with Gasteiger partial charge in [0.15, 0.2) is 0 Å². The molecule has 1 aliphatic heterocycles. The van der Waals surface area contributed by atoms with Crippen LogP contribution in [0.2, 0.25) is 0 Å². The molecule has 0 atom stereocenters. The van der Waals surface area contributed by atoms with Crippen LogP contribution in [0.3, 0.4) is 0 Å². The van der Waals surface area contributed by atoms with Crippen molar-refractivity contribution in [1.29, 1.82) is 0 Å². The number of nitrogens with one attached hydrogen (secondary N) is 1. The van der Waals surface area contributed by atoms with Crippen LogP contribution >= 0.6 is 0 Å². The highest BCUT2D eigenvalue weighted by molar-refractivity contribution is 7.89. The zero-order valence-electron chi connectivity index (χ0n) is 15.6. The zero-order valence-corrected chi connectivity index (χ0v) is 16.4. The number of halogens is 3. The molecule has 0 saturated carbocycles. The Morgan fingerprint density at radius 1 is 0.966 bits per heavy atom. The van der Waals surface area contributed by atoms with Crippen molar-refractivity contribution in [2.24, 2.45) is 0 Å². The minimum absolute atomic E-state index is 0.0185. The van der Waals surface area contributed by atoms with E-state index in [9.17, 15) is 26.4 Å². The number of amides is 1. The molecule has 0 bridgehead atoms. The SMILES string of the molecule is O=C(NCc1ccc(C(F)(F)F)cc1)c1ccccc1S(=O)(=O)N1CCCCC1. The average molecular weight is 426 g/mol. The average Bonchev–Trinajstić information content (AvgIpc) is 2.72. The largest absolute Gasteiger partial charge is 0.416 e. The van der Waals surface area contributed by atoms with Crippen LogP contribution in [0.1, 0.15) is 40.7 Å². The molecule has 0 aliphatic carbocycles. The summed E-state index contributed by atoms with van der Waals surface area (Å²) in [5, 5.41) is 2.59. The smallest absolute Gasteiger partial charge is 0.348 e. The topological polar surface area (TPSA) is 66.5 Å². The first kappa shape index (κ1) is 21.3. The number of carbonyl (C=O) groups is 1. The van der Waals surface area contributed by atoms with Crippen molar-refractivity contribution in [3.05, 3.63) is 65.2 Å². The number of benzene rings is 2. The summed E-state index contributed by atoms with van der Waals surface area (Å²) in [7, 11) is -3.80. The number of hydrogen-bond acceptors (Lipinski definition) is 3. The maximum atomic E-state index is 13.0. The Morgan fingerprint density at radius 2 is 1.59 bits per heavy atom. The van der Waals surface area contributed by atoms with Gasteiger partial charge in [-0.05, 0) is 42.7 Å². The maximum Gasteiger partial charge on any atom is 0.416 e. The number of carbonyl (C=O) groups excluding carboxylic acids is 1. The van der Waals surface area contributed by atoms with Gasteiger partial charge in [-0.1, -0.05) is 30.7 Å². The summed E-state index contributed by atoms with van der Waals surface area (Å²) in [5.41, 5.74) is -0.279. The molecule has 9 heteroatoms. The van der Waals surface area contributed by atoms with Crippen LogP contribution in [0.5, 0.6) is 0 Å². The molecule has 0 unspecified atom stereocenters. The first-order chi connectivity index (χ1) is 13.7. The first-order valence-electron chi connectivity index (χ1n) is 9.23. The third-order valence-electron chi connectivity index (χ3n) is 4.80. The highest BCUT2D eigenvalue weighted by atomic mass is 32.2. The Labute approximate surface area is 167 Å². The predicted molar refractivity (Wildman–Crippen MR) is 102 cm³/mol. The Kier molecular flexibility index (Phi) is 6.28. The van der Waals surface area contributed by atoms with E-state index < -0.39 is 27.7 Å². The van der Waals surface area contributed by atoms with Gasteiger partial charge in [0.2, 0.25) is 10.0 Å². The fourth-order valence-corrected chi connectivity index (χ4v) is 4.92. The number of hydrogen-bond donors (Lipinski definition) is 1. The van der Waals surface area contributed by atoms with Crippen LogP contribution in [-0.2, 0) is 22.7 Å². The van der Waals surface area contributed by atoms with Crippen LogP contribution in [0.25, 0.3) is 0 Å². The summed E-state index contributed by atoms with van der Waals surface area (Å²) in [6.45, 7) is 0.822. The molecule has 3 rings (SSSR count). The Hall–Kier alpha value is -2.39. The maximum absolute atomic E-state index is 13.0. The number of piperidine rings is 1. The molecule has 2 aromatic carbocycles. The molecule has 156 valence electrons. The summed E-state index contributed by atoms with van der Waals surface area (Å²) in [6.07, 6.45) is -1.89. The normalized spacial score (nSPS) is 15.8. The summed E-state index contributed by atoms with van der Waals surface area (Å²) in [4.78, 5) is 12.6. The molecule has 1 saturated heterocycles. The number of nitrogens with zero attached hydrogens (tertiary/aromatic N) is 1. The lowest BCUT2D eigenvalue weighted by molar-refractivity contribution is -0.137. The fraction of sp³-hybridized carbons (Fsp3) is 0.350. The lowest BCUT2D eigenvalue weighted by atomic mass is 10.1. The van der Waals surface area contributed by atoms with Gasteiger partial charge in [-0.25, -0.2) is 8.42 Å². The van der Waals surface area contributed by atoms with Crippen LogP contribution < -0.4 is 5.32 Å². The number of sulfonamides is 1. The second kappa shape index (κ2) is 8.54. The van der Waals surface area contributed by atoms with E-state index in [1.54, 1.807) is 12.1 Å². The second-order valence-corrected chi connectivity index (χ2v) is 8.74. The molecule has 0 radical (unpaired) electrons. The van der Waals surface area contributed by atoms with Gasteiger partial charge in [0.05, 0.1) is 16.0 Å². The van der Waals surface area contributed by atoms with Crippen molar-refractivity contribution in [1.82, 2.24) is 9.62 Å². The third kappa shape index (κ3) is 4.97. The van der Waals surface area contributed by atoms with E-state index in [2.05, 4.69) is 5.32 Å². The Balaban J connectivity index is 1.75. The summed E-state index contributed by atoms with van der Waals surface area (Å²) in [5.74, 6) is -0.596. The summed E-state index contributed by atoms with van der Waals surface area (Å²) in [6, 6.07) is 10.4. The van der Waals surface area contributed by atoms with E-state index in [4.69, 9.17) is 0 Å². The van der Waals surface area contributed by atoms with E-state index in [1.165, 1.54) is 28.6 Å². The van der Waals surface area contributed by atoms with Crippen LogP contribution in [-0.4, -0.2) is 31.7 Å². The van der Waals surface area contributed by atoms with E-state index in [-0.39, 0.29) is 17.0 Å². The van der Waals surface area contributed by atoms with Crippen molar-refractivity contribution < 1.29 is 26.4 Å². The minimum atomic E-state index is -4.43. The molecule has 5 nitrogen and oxygen atoms in total. The fourth-order valence-electron chi connectivity index (χ4n) is 3.21. The molecule has 2 aromatic rings. The van der Waals surface area contributed by atoms with E-state index in [0.717, 1.165) is 31.4 Å². The molecular formula is C20H21F3N2O3S. The zero-order chi connectivity index (χ0) is 21.1. The van der Waals surface area contributed by atoms with Crippen molar-refractivity contribution in [3.8, 4) is 0 Å². The highest BCUT2D eigenvalue weighted by Crippen LogP contribution is 2.29. The van der Waals surface area contributed by atoms with Gasteiger partial charge in [0.25, 0.3) is 5.91 Å². The minimum Gasteiger partial charge on any atom is -0.348 e. The standard InChI is InChI=1S/C20H21F3N2O3S/c21-20(22,23)16-10-8-15(9-11-16)14-24-19(26)17-6-2-3-7-18(17)29(27,28)25-12-4-1-5-13-25/h2-3,6-11H,1,4-5,12-14H2,(H,24,26). The lowest BCUT2D eigenvalue weighted by Gasteiger charge is -2.26. The monoisotopic (exact) mass is 426 g/mol. The quantitative estimate of drug-likeness (QED) is 0.791. The highest BCUT2D eigenvalue weighted by Gasteiger charge is 2.31. The molecule has 0 aromatic heterocycles. The van der Waals surface area contributed by atoms with Gasteiger partial charge in [-0.3, -0.25) is 4.79 Å². The molecule has 1 aliphatic rings. The van der Waals surface area contributed by atoms with Gasteiger partial charge >= 0.3 is 6.18 Å². The van der Waals surface area contributed by atoms with Crippen LogP contribution in [0, 0.1) is 0 Å². The Morgan fingerprint density at radius 3 is 2.21 bits per heavy atom. The molecule has 1 fully saturated rings. The predicted octanol–water partition coefficient (Wildman–Crippen LogP) is 3.81. The van der Waals surface area contributed by atoms with E-state index in [0.29, 0.717) is 18.7 Å². The van der Waals surface area contributed by atoms with Crippen LogP contribution in [0.15, 0.2) is 53.4 Å². The van der Waals surface area contributed by atoms with Gasteiger partial charge in [0.1, 0.15) is 0 Å². The van der Waals surface area contributed by atoms with Crippen LogP contribution in [0.4, 0.5) is 13.2 Å². The van der Waals surface area contributed by atoms with Crippen molar-refractivity contribution in [3.63, 3.8) is 0 Å².